The van der Waals surface area contributed by atoms with Crippen molar-refractivity contribution in [1.29, 1.82) is 0 Å². The van der Waals surface area contributed by atoms with Gasteiger partial charge < -0.3 is 5.32 Å². The standard InChI is InChI=1S/C14H13ClFNOS/c15-12-11-9(16)6-3-7-10(11)19-13(12)14(18)17-8-4-1-2-5-8/h3,6-8H,1-2,4-5H2,(H,17,18). The zero-order chi connectivity index (χ0) is 13.4. The number of carbonyl (C=O) groups excluding carboxylic acids is 1. The second-order valence-corrected chi connectivity index (χ2v) is 6.24. The van der Waals surface area contributed by atoms with Gasteiger partial charge in [0.05, 0.1) is 5.02 Å². The molecule has 0 saturated heterocycles. The van der Waals surface area contributed by atoms with Crippen molar-refractivity contribution in [3.8, 4) is 0 Å². The number of hydrogen-bond donors (Lipinski definition) is 1. The van der Waals surface area contributed by atoms with Gasteiger partial charge in [-0.25, -0.2) is 4.39 Å². The van der Waals surface area contributed by atoms with E-state index in [1.807, 2.05) is 0 Å². The van der Waals surface area contributed by atoms with Crippen LogP contribution in [0.3, 0.4) is 0 Å². The summed E-state index contributed by atoms with van der Waals surface area (Å²) in [5, 5.41) is 3.56. The number of thiophene rings is 1. The van der Waals surface area contributed by atoms with Gasteiger partial charge in [-0.1, -0.05) is 30.5 Å². The summed E-state index contributed by atoms with van der Waals surface area (Å²) in [5.74, 6) is -0.559. The summed E-state index contributed by atoms with van der Waals surface area (Å²) in [4.78, 5) is 12.6. The molecule has 5 heteroatoms. The van der Waals surface area contributed by atoms with Crippen LogP contribution in [0.5, 0.6) is 0 Å². The minimum Gasteiger partial charge on any atom is -0.349 e. The van der Waals surface area contributed by atoms with E-state index in [0.29, 0.717) is 15.0 Å². The molecule has 1 aliphatic rings. The Morgan fingerprint density at radius 2 is 2.11 bits per heavy atom. The Labute approximate surface area is 119 Å². The fourth-order valence-corrected chi connectivity index (χ4v) is 4.00. The van der Waals surface area contributed by atoms with Gasteiger partial charge in [0, 0.05) is 16.1 Å². The van der Waals surface area contributed by atoms with Crippen molar-refractivity contribution >= 4 is 38.9 Å². The summed E-state index contributed by atoms with van der Waals surface area (Å²) in [7, 11) is 0. The molecule has 100 valence electrons. The first-order valence-corrected chi connectivity index (χ1v) is 7.53. The lowest BCUT2D eigenvalue weighted by Gasteiger charge is -2.10. The van der Waals surface area contributed by atoms with E-state index >= 15 is 0 Å². The molecule has 1 saturated carbocycles. The van der Waals surface area contributed by atoms with Crippen LogP contribution in [0.15, 0.2) is 18.2 Å². The number of amides is 1. The molecule has 0 aliphatic heterocycles. The van der Waals surface area contributed by atoms with Gasteiger partial charge in [0.2, 0.25) is 0 Å². The Balaban J connectivity index is 1.94. The first-order chi connectivity index (χ1) is 9.16. The Hall–Kier alpha value is -1.13. The monoisotopic (exact) mass is 297 g/mol. The molecule has 0 spiro atoms. The Bertz CT molecular complexity index is 634. The maximum absolute atomic E-state index is 13.7. The fourth-order valence-electron chi connectivity index (χ4n) is 2.54. The van der Waals surface area contributed by atoms with E-state index < -0.39 is 0 Å². The van der Waals surface area contributed by atoms with Crippen molar-refractivity contribution < 1.29 is 9.18 Å². The Kier molecular flexibility index (Phi) is 3.46. The predicted molar refractivity (Wildman–Crippen MR) is 76.5 cm³/mol. The van der Waals surface area contributed by atoms with E-state index in [1.54, 1.807) is 12.1 Å². The number of hydrogen-bond acceptors (Lipinski definition) is 2. The topological polar surface area (TPSA) is 29.1 Å². The summed E-state index contributed by atoms with van der Waals surface area (Å²) >= 11 is 7.40. The van der Waals surface area contributed by atoms with E-state index in [1.165, 1.54) is 17.4 Å². The van der Waals surface area contributed by atoms with Crippen molar-refractivity contribution in [2.24, 2.45) is 0 Å². The maximum Gasteiger partial charge on any atom is 0.263 e. The molecule has 0 atom stereocenters. The second-order valence-electron chi connectivity index (χ2n) is 4.81. The van der Waals surface area contributed by atoms with E-state index in [4.69, 9.17) is 11.6 Å². The number of nitrogens with one attached hydrogen (secondary N) is 1. The quantitative estimate of drug-likeness (QED) is 0.876. The van der Waals surface area contributed by atoms with Gasteiger partial charge in [0.15, 0.2) is 0 Å². The third kappa shape index (κ3) is 2.35. The van der Waals surface area contributed by atoms with Crippen molar-refractivity contribution in [2.45, 2.75) is 31.7 Å². The van der Waals surface area contributed by atoms with E-state index in [2.05, 4.69) is 5.32 Å². The third-order valence-corrected chi connectivity index (χ3v) is 5.15. The molecule has 2 nitrogen and oxygen atoms in total. The Morgan fingerprint density at radius 1 is 1.37 bits per heavy atom. The lowest BCUT2D eigenvalue weighted by Crippen LogP contribution is -2.32. The van der Waals surface area contributed by atoms with Crippen molar-refractivity contribution in [1.82, 2.24) is 5.32 Å². The highest BCUT2D eigenvalue weighted by molar-refractivity contribution is 7.21. The van der Waals surface area contributed by atoms with Crippen LogP contribution in [0.4, 0.5) is 4.39 Å². The largest absolute Gasteiger partial charge is 0.349 e. The molecule has 0 bridgehead atoms. The molecular formula is C14H13ClFNOS. The van der Waals surface area contributed by atoms with Crippen LogP contribution in [0, 0.1) is 5.82 Å². The molecule has 19 heavy (non-hydrogen) atoms. The van der Waals surface area contributed by atoms with Crippen LogP contribution in [0.25, 0.3) is 10.1 Å². The summed E-state index contributed by atoms with van der Waals surface area (Å²) in [6, 6.07) is 5.00. The summed E-state index contributed by atoms with van der Waals surface area (Å²) < 4.78 is 14.4. The van der Waals surface area contributed by atoms with Gasteiger partial charge in [-0.05, 0) is 25.0 Å². The molecule has 1 heterocycles. The van der Waals surface area contributed by atoms with Gasteiger partial charge >= 0.3 is 0 Å². The van der Waals surface area contributed by atoms with E-state index in [-0.39, 0.29) is 22.8 Å². The molecule has 3 rings (SSSR count). The third-order valence-electron chi connectivity index (χ3n) is 3.50. The van der Waals surface area contributed by atoms with Crippen molar-refractivity contribution in [2.75, 3.05) is 0 Å². The second kappa shape index (κ2) is 5.10. The van der Waals surface area contributed by atoms with Gasteiger partial charge in [-0.15, -0.1) is 11.3 Å². The van der Waals surface area contributed by atoms with E-state index in [9.17, 15) is 9.18 Å². The zero-order valence-electron chi connectivity index (χ0n) is 10.2. The molecule has 0 radical (unpaired) electrons. The first kappa shape index (κ1) is 12.9. The molecule has 1 aromatic heterocycles. The molecular weight excluding hydrogens is 285 g/mol. The van der Waals surface area contributed by atoms with Gasteiger partial charge in [-0.2, -0.15) is 0 Å². The average molecular weight is 298 g/mol. The molecule has 0 unspecified atom stereocenters. The van der Waals surface area contributed by atoms with Gasteiger partial charge in [0.1, 0.15) is 10.7 Å². The smallest absolute Gasteiger partial charge is 0.263 e. The SMILES string of the molecule is O=C(NC1CCCC1)c1sc2cccc(F)c2c1Cl. The molecule has 1 N–H and O–H groups in total. The lowest BCUT2D eigenvalue weighted by molar-refractivity contribution is 0.0942. The number of carbonyl (C=O) groups is 1. The highest BCUT2D eigenvalue weighted by Crippen LogP contribution is 2.37. The van der Waals surface area contributed by atoms with Crippen molar-refractivity contribution in [3.05, 3.63) is 33.9 Å². The van der Waals surface area contributed by atoms with Crippen molar-refractivity contribution in [3.63, 3.8) is 0 Å². The van der Waals surface area contributed by atoms with Crippen LogP contribution in [-0.2, 0) is 0 Å². The Morgan fingerprint density at radius 3 is 2.79 bits per heavy atom. The number of fused-ring (bicyclic) bond motifs is 1. The number of halogens is 2. The molecule has 1 aliphatic carbocycles. The normalized spacial score (nSPS) is 16.1. The zero-order valence-corrected chi connectivity index (χ0v) is 11.8. The molecule has 1 aromatic carbocycles. The van der Waals surface area contributed by atoms with Crippen LogP contribution in [0.1, 0.15) is 35.4 Å². The predicted octanol–water partition coefficient (Wildman–Crippen LogP) is 4.37. The fraction of sp³-hybridized carbons (Fsp3) is 0.357. The summed E-state index contributed by atoms with van der Waals surface area (Å²) in [6.07, 6.45) is 4.34. The van der Waals surface area contributed by atoms with Gasteiger partial charge in [-0.3, -0.25) is 4.79 Å². The van der Waals surface area contributed by atoms with Crippen LogP contribution >= 0.6 is 22.9 Å². The number of rotatable bonds is 2. The average Bonchev–Trinajstić information content (AvgIpc) is 2.98. The van der Waals surface area contributed by atoms with Gasteiger partial charge in [0.25, 0.3) is 5.91 Å². The maximum atomic E-state index is 13.7. The van der Waals surface area contributed by atoms with Crippen LogP contribution in [-0.4, -0.2) is 11.9 Å². The highest BCUT2D eigenvalue weighted by atomic mass is 35.5. The molecule has 1 fully saturated rings. The minimum absolute atomic E-state index is 0.183. The lowest BCUT2D eigenvalue weighted by atomic mass is 10.2. The van der Waals surface area contributed by atoms with Crippen LogP contribution in [0.2, 0.25) is 5.02 Å². The molecule has 1 amide bonds. The highest BCUT2D eigenvalue weighted by Gasteiger charge is 2.23. The summed E-state index contributed by atoms with van der Waals surface area (Å²) in [5.41, 5.74) is 0. The van der Waals surface area contributed by atoms with E-state index in [0.717, 1.165) is 25.7 Å². The first-order valence-electron chi connectivity index (χ1n) is 6.34. The number of benzene rings is 1. The van der Waals surface area contributed by atoms with Crippen LogP contribution < -0.4 is 5.32 Å². The summed E-state index contributed by atoms with van der Waals surface area (Å²) in [6.45, 7) is 0. The minimum atomic E-state index is -0.376. The molecule has 2 aromatic rings.